The maximum absolute atomic E-state index is 10.9. The number of nitro groups is 1. The van der Waals surface area contributed by atoms with E-state index in [0.29, 0.717) is 17.8 Å². The molecule has 0 aliphatic carbocycles. The second-order valence-corrected chi connectivity index (χ2v) is 5.37. The molecule has 1 saturated heterocycles. The van der Waals surface area contributed by atoms with Crippen LogP contribution < -0.4 is 15.4 Å². The molecule has 2 N–H and O–H groups in total. The standard InChI is InChI=1S/C12H19N5O3/c1-7-4-8(2)6-16(5-7)12-14-10(13)9(17(18)19)11(15-12)20-3/h7-8H,4-6H2,1-3H3,(H2,13,14,15). The summed E-state index contributed by atoms with van der Waals surface area (Å²) in [6.45, 7) is 5.94. The van der Waals surface area contributed by atoms with Crippen LogP contribution in [0.25, 0.3) is 0 Å². The number of piperidine rings is 1. The van der Waals surface area contributed by atoms with Crippen molar-refractivity contribution in [2.24, 2.45) is 11.8 Å². The van der Waals surface area contributed by atoms with E-state index in [4.69, 9.17) is 10.5 Å². The highest BCUT2D eigenvalue weighted by Crippen LogP contribution is 2.33. The summed E-state index contributed by atoms with van der Waals surface area (Å²) < 4.78 is 4.97. The normalized spacial score (nSPS) is 22.6. The van der Waals surface area contributed by atoms with Crippen molar-refractivity contribution in [3.8, 4) is 5.88 Å². The molecule has 0 amide bonds. The maximum atomic E-state index is 10.9. The molecule has 0 bridgehead atoms. The highest BCUT2D eigenvalue weighted by molar-refractivity contribution is 5.61. The summed E-state index contributed by atoms with van der Waals surface area (Å²) in [5.74, 6) is 1.17. The average Bonchev–Trinajstić information content (AvgIpc) is 2.35. The molecule has 0 saturated carbocycles. The van der Waals surface area contributed by atoms with Gasteiger partial charge in [0, 0.05) is 13.1 Å². The van der Waals surface area contributed by atoms with Gasteiger partial charge in [-0.05, 0) is 18.3 Å². The van der Waals surface area contributed by atoms with E-state index in [9.17, 15) is 10.1 Å². The molecule has 1 aliphatic heterocycles. The molecule has 1 aromatic rings. The third-order valence-electron chi connectivity index (χ3n) is 3.39. The predicted molar refractivity (Wildman–Crippen MR) is 74.8 cm³/mol. The van der Waals surface area contributed by atoms with Gasteiger partial charge in [-0.1, -0.05) is 13.8 Å². The number of nitrogens with zero attached hydrogens (tertiary/aromatic N) is 4. The van der Waals surface area contributed by atoms with Crippen molar-refractivity contribution in [1.82, 2.24) is 9.97 Å². The Morgan fingerprint density at radius 2 is 1.95 bits per heavy atom. The first kappa shape index (κ1) is 14.3. The van der Waals surface area contributed by atoms with Crippen LogP contribution in [0.5, 0.6) is 5.88 Å². The zero-order valence-corrected chi connectivity index (χ0v) is 11.9. The van der Waals surface area contributed by atoms with Gasteiger partial charge in [-0.2, -0.15) is 9.97 Å². The van der Waals surface area contributed by atoms with E-state index in [1.807, 2.05) is 4.90 Å². The average molecular weight is 281 g/mol. The summed E-state index contributed by atoms with van der Waals surface area (Å²) in [6, 6.07) is 0. The van der Waals surface area contributed by atoms with E-state index in [-0.39, 0.29) is 17.4 Å². The summed E-state index contributed by atoms with van der Waals surface area (Å²) in [7, 11) is 1.33. The zero-order chi connectivity index (χ0) is 14.9. The Labute approximate surface area is 117 Å². The van der Waals surface area contributed by atoms with Gasteiger partial charge in [-0.3, -0.25) is 10.1 Å². The Morgan fingerprint density at radius 3 is 2.45 bits per heavy atom. The largest absolute Gasteiger partial charge is 0.476 e. The van der Waals surface area contributed by atoms with Crippen molar-refractivity contribution in [2.45, 2.75) is 20.3 Å². The van der Waals surface area contributed by atoms with E-state index in [1.165, 1.54) is 7.11 Å². The molecule has 2 rings (SSSR count). The molecule has 1 fully saturated rings. The lowest BCUT2D eigenvalue weighted by atomic mass is 9.92. The van der Waals surface area contributed by atoms with Crippen molar-refractivity contribution < 1.29 is 9.66 Å². The molecule has 1 aromatic heterocycles. The molecule has 0 spiro atoms. The van der Waals surface area contributed by atoms with E-state index < -0.39 is 4.92 Å². The topological polar surface area (TPSA) is 107 Å². The Bertz CT molecular complexity index is 512. The lowest BCUT2D eigenvalue weighted by Crippen LogP contribution is -2.39. The van der Waals surface area contributed by atoms with Gasteiger partial charge in [0.1, 0.15) is 0 Å². The molecule has 8 heteroatoms. The number of aromatic nitrogens is 2. The zero-order valence-electron chi connectivity index (χ0n) is 11.9. The Morgan fingerprint density at radius 1 is 1.35 bits per heavy atom. The molecule has 0 radical (unpaired) electrons. The number of hydrogen-bond acceptors (Lipinski definition) is 7. The minimum absolute atomic E-state index is 0.0941. The highest BCUT2D eigenvalue weighted by Gasteiger charge is 2.29. The number of ether oxygens (including phenoxy) is 1. The monoisotopic (exact) mass is 281 g/mol. The third-order valence-corrected chi connectivity index (χ3v) is 3.39. The van der Waals surface area contributed by atoms with Crippen LogP contribution in [0.3, 0.4) is 0 Å². The van der Waals surface area contributed by atoms with Gasteiger partial charge in [0.25, 0.3) is 0 Å². The lowest BCUT2D eigenvalue weighted by Gasteiger charge is -2.35. The van der Waals surface area contributed by atoms with E-state index in [1.54, 1.807) is 0 Å². The lowest BCUT2D eigenvalue weighted by molar-refractivity contribution is -0.385. The van der Waals surface area contributed by atoms with Crippen LogP contribution in [0, 0.1) is 22.0 Å². The smallest absolute Gasteiger partial charge is 0.372 e. The molecule has 8 nitrogen and oxygen atoms in total. The van der Waals surface area contributed by atoms with Crippen LogP contribution in [0.4, 0.5) is 17.5 Å². The van der Waals surface area contributed by atoms with Crippen LogP contribution in [0.1, 0.15) is 20.3 Å². The number of nitrogen functional groups attached to an aromatic ring is 1. The second-order valence-electron chi connectivity index (χ2n) is 5.37. The molecule has 2 heterocycles. The van der Waals surface area contributed by atoms with Gasteiger partial charge < -0.3 is 15.4 Å². The number of methoxy groups -OCH3 is 1. The number of hydrogen-bond donors (Lipinski definition) is 1. The predicted octanol–water partition coefficient (Wildman–Crippen LogP) is 1.46. The number of anilines is 2. The summed E-state index contributed by atoms with van der Waals surface area (Å²) in [6.07, 6.45) is 1.15. The fourth-order valence-electron chi connectivity index (χ4n) is 2.72. The van der Waals surface area contributed by atoms with Crippen LogP contribution in [-0.4, -0.2) is 35.1 Å². The SMILES string of the molecule is COc1nc(N2CC(C)CC(C)C2)nc(N)c1[N+](=O)[O-]. The molecular formula is C12H19N5O3. The van der Waals surface area contributed by atoms with Crippen molar-refractivity contribution in [2.75, 3.05) is 30.8 Å². The minimum Gasteiger partial charge on any atom is -0.476 e. The van der Waals surface area contributed by atoms with Gasteiger partial charge in [0.05, 0.1) is 12.0 Å². The van der Waals surface area contributed by atoms with Gasteiger partial charge in [0.15, 0.2) is 0 Å². The first-order chi connectivity index (χ1) is 9.42. The first-order valence-corrected chi connectivity index (χ1v) is 6.53. The molecule has 1 aliphatic rings. The number of rotatable bonds is 3. The Balaban J connectivity index is 2.38. The van der Waals surface area contributed by atoms with Crippen LogP contribution >= 0.6 is 0 Å². The quantitative estimate of drug-likeness (QED) is 0.660. The van der Waals surface area contributed by atoms with Crippen molar-refractivity contribution >= 4 is 17.5 Å². The molecule has 110 valence electrons. The third kappa shape index (κ3) is 2.73. The van der Waals surface area contributed by atoms with Crippen LogP contribution in [0.15, 0.2) is 0 Å². The van der Waals surface area contributed by atoms with Gasteiger partial charge >= 0.3 is 11.6 Å². The fourth-order valence-corrected chi connectivity index (χ4v) is 2.72. The summed E-state index contributed by atoms with van der Waals surface area (Å²) in [5, 5.41) is 10.9. The van der Waals surface area contributed by atoms with Crippen LogP contribution in [-0.2, 0) is 0 Å². The summed E-state index contributed by atoms with van der Waals surface area (Å²) in [5.41, 5.74) is 5.29. The molecule has 0 aromatic carbocycles. The molecule has 2 unspecified atom stereocenters. The van der Waals surface area contributed by atoms with Crippen molar-refractivity contribution in [1.29, 1.82) is 0 Å². The van der Waals surface area contributed by atoms with E-state index in [0.717, 1.165) is 19.5 Å². The van der Waals surface area contributed by atoms with Crippen molar-refractivity contribution in [3.63, 3.8) is 0 Å². The van der Waals surface area contributed by atoms with Gasteiger partial charge in [0.2, 0.25) is 11.8 Å². The van der Waals surface area contributed by atoms with Gasteiger partial charge in [-0.15, -0.1) is 0 Å². The molecule has 2 atom stereocenters. The van der Waals surface area contributed by atoms with Gasteiger partial charge in [-0.25, -0.2) is 0 Å². The maximum Gasteiger partial charge on any atom is 0.372 e. The summed E-state index contributed by atoms with van der Waals surface area (Å²) >= 11 is 0. The van der Waals surface area contributed by atoms with E-state index >= 15 is 0 Å². The second kappa shape index (κ2) is 5.48. The number of nitrogens with two attached hydrogens (primary N) is 1. The molecular weight excluding hydrogens is 262 g/mol. The van der Waals surface area contributed by atoms with Crippen molar-refractivity contribution in [3.05, 3.63) is 10.1 Å². The minimum atomic E-state index is -0.626. The molecule has 20 heavy (non-hydrogen) atoms. The highest BCUT2D eigenvalue weighted by atomic mass is 16.6. The first-order valence-electron chi connectivity index (χ1n) is 6.53. The van der Waals surface area contributed by atoms with E-state index in [2.05, 4.69) is 23.8 Å². The Hall–Kier alpha value is -2.12. The fraction of sp³-hybridized carbons (Fsp3) is 0.667. The Kier molecular flexibility index (Phi) is 3.91. The van der Waals surface area contributed by atoms with Crippen LogP contribution in [0.2, 0.25) is 0 Å². The summed E-state index contributed by atoms with van der Waals surface area (Å²) in [4.78, 5) is 20.5.